The van der Waals surface area contributed by atoms with Gasteiger partial charge in [0.25, 0.3) is 5.91 Å². The SMILES string of the molecule is CC(C)NC(=O)CSc1ccccc1C(=O)OCC(=O)N1CCc2ccccc2C1. The summed E-state index contributed by atoms with van der Waals surface area (Å²) in [7, 11) is 0. The molecule has 0 saturated carbocycles. The van der Waals surface area contributed by atoms with Crippen LogP contribution < -0.4 is 5.32 Å². The van der Waals surface area contributed by atoms with Gasteiger partial charge in [0.15, 0.2) is 6.61 Å². The summed E-state index contributed by atoms with van der Waals surface area (Å²) < 4.78 is 5.30. The molecule has 158 valence electrons. The Morgan fingerprint density at radius 2 is 1.77 bits per heavy atom. The highest BCUT2D eigenvalue weighted by atomic mass is 32.2. The Kier molecular flexibility index (Phi) is 7.52. The first kappa shape index (κ1) is 21.9. The van der Waals surface area contributed by atoms with Gasteiger partial charge in [-0.2, -0.15) is 0 Å². The van der Waals surface area contributed by atoms with Crippen molar-refractivity contribution in [2.45, 2.75) is 37.8 Å². The van der Waals surface area contributed by atoms with Gasteiger partial charge in [-0.1, -0.05) is 36.4 Å². The molecule has 0 aromatic heterocycles. The molecular formula is C23H26N2O4S. The lowest BCUT2D eigenvalue weighted by molar-refractivity contribution is -0.135. The van der Waals surface area contributed by atoms with E-state index in [1.54, 1.807) is 29.2 Å². The first-order chi connectivity index (χ1) is 14.4. The highest BCUT2D eigenvalue weighted by Gasteiger charge is 2.22. The van der Waals surface area contributed by atoms with E-state index >= 15 is 0 Å². The predicted octanol–water partition coefficient (Wildman–Crippen LogP) is 3.05. The summed E-state index contributed by atoms with van der Waals surface area (Å²) in [5.41, 5.74) is 2.74. The molecule has 1 aliphatic heterocycles. The van der Waals surface area contributed by atoms with Crippen LogP contribution in [0.25, 0.3) is 0 Å². The average Bonchev–Trinajstić information content (AvgIpc) is 2.75. The van der Waals surface area contributed by atoms with Crippen LogP contribution in [0.5, 0.6) is 0 Å². The summed E-state index contributed by atoms with van der Waals surface area (Å²) in [5.74, 6) is -0.666. The Balaban J connectivity index is 1.55. The number of hydrogen-bond donors (Lipinski definition) is 1. The van der Waals surface area contributed by atoms with E-state index in [-0.39, 0.29) is 30.2 Å². The zero-order valence-corrected chi connectivity index (χ0v) is 18.0. The molecule has 30 heavy (non-hydrogen) atoms. The zero-order chi connectivity index (χ0) is 21.5. The van der Waals surface area contributed by atoms with E-state index < -0.39 is 5.97 Å². The van der Waals surface area contributed by atoms with Crippen LogP contribution in [0.2, 0.25) is 0 Å². The van der Waals surface area contributed by atoms with Crippen LogP contribution in [0.4, 0.5) is 0 Å². The second kappa shape index (κ2) is 10.3. The molecule has 1 aliphatic rings. The number of carbonyl (C=O) groups excluding carboxylic acids is 3. The van der Waals surface area contributed by atoms with E-state index in [9.17, 15) is 14.4 Å². The van der Waals surface area contributed by atoms with Gasteiger partial charge in [0.2, 0.25) is 5.91 Å². The Bertz CT molecular complexity index is 929. The fraction of sp³-hybridized carbons (Fsp3) is 0.348. The lowest BCUT2D eigenvalue weighted by Gasteiger charge is -2.28. The van der Waals surface area contributed by atoms with Gasteiger partial charge in [-0.15, -0.1) is 11.8 Å². The highest BCUT2D eigenvalue weighted by molar-refractivity contribution is 8.00. The van der Waals surface area contributed by atoms with Gasteiger partial charge in [-0.3, -0.25) is 9.59 Å². The molecule has 3 rings (SSSR count). The minimum Gasteiger partial charge on any atom is -0.452 e. The Labute approximate surface area is 181 Å². The standard InChI is InChI=1S/C23H26N2O4S/c1-16(2)24-21(26)15-30-20-10-6-5-9-19(20)23(28)29-14-22(27)25-12-11-17-7-3-4-8-18(17)13-25/h3-10,16H,11-15H2,1-2H3,(H,24,26). The molecule has 0 unspecified atom stereocenters. The molecule has 7 heteroatoms. The summed E-state index contributed by atoms with van der Waals surface area (Å²) >= 11 is 1.27. The zero-order valence-electron chi connectivity index (χ0n) is 17.2. The van der Waals surface area contributed by atoms with E-state index in [1.807, 2.05) is 32.0 Å². The van der Waals surface area contributed by atoms with Crippen molar-refractivity contribution in [2.75, 3.05) is 18.9 Å². The maximum atomic E-state index is 12.6. The topological polar surface area (TPSA) is 75.7 Å². The van der Waals surface area contributed by atoms with Crippen LogP contribution in [0.15, 0.2) is 53.4 Å². The number of rotatable bonds is 7. The van der Waals surface area contributed by atoms with Crippen LogP contribution in [0.3, 0.4) is 0 Å². The number of esters is 1. The smallest absolute Gasteiger partial charge is 0.339 e. The third-order valence-corrected chi connectivity index (χ3v) is 5.80. The third-order valence-electron chi connectivity index (χ3n) is 4.73. The fourth-order valence-electron chi connectivity index (χ4n) is 3.27. The van der Waals surface area contributed by atoms with Crippen molar-refractivity contribution in [3.05, 3.63) is 65.2 Å². The Morgan fingerprint density at radius 1 is 1.07 bits per heavy atom. The van der Waals surface area contributed by atoms with Crippen molar-refractivity contribution < 1.29 is 19.1 Å². The minimum absolute atomic E-state index is 0.0612. The second-order valence-corrected chi connectivity index (χ2v) is 8.43. The monoisotopic (exact) mass is 426 g/mol. The van der Waals surface area contributed by atoms with Crippen molar-refractivity contribution in [3.8, 4) is 0 Å². The van der Waals surface area contributed by atoms with E-state index in [4.69, 9.17) is 4.74 Å². The number of nitrogens with zero attached hydrogens (tertiary/aromatic N) is 1. The normalized spacial score (nSPS) is 13.0. The molecule has 2 amide bonds. The molecule has 0 spiro atoms. The molecule has 0 radical (unpaired) electrons. The molecule has 0 fully saturated rings. The molecule has 1 N–H and O–H groups in total. The van der Waals surface area contributed by atoms with Crippen LogP contribution in [-0.4, -0.2) is 47.6 Å². The third kappa shape index (κ3) is 5.86. The first-order valence-electron chi connectivity index (χ1n) is 9.97. The van der Waals surface area contributed by atoms with Gasteiger partial charge in [0, 0.05) is 24.0 Å². The molecule has 0 aliphatic carbocycles. The molecule has 2 aromatic carbocycles. The molecule has 0 bridgehead atoms. The van der Waals surface area contributed by atoms with Gasteiger partial charge >= 0.3 is 5.97 Å². The maximum Gasteiger partial charge on any atom is 0.339 e. The first-order valence-corrected chi connectivity index (χ1v) is 11.0. The quantitative estimate of drug-likeness (QED) is 0.544. The largest absolute Gasteiger partial charge is 0.452 e. The van der Waals surface area contributed by atoms with Crippen LogP contribution in [-0.2, 0) is 27.3 Å². The van der Waals surface area contributed by atoms with E-state index in [2.05, 4.69) is 11.4 Å². The highest BCUT2D eigenvalue weighted by Crippen LogP contribution is 2.23. The lowest BCUT2D eigenvalue weighted by Crippen LogP contribution is -2.38. The fourth-order valence-corrected chi connectivity index (χ4v) is 4.12. The second-order valence-electron chi connectivity index (χ2n) is 7.42. The number of amides is 2. The number of nitrogens with one attached hydrogen (secondary N) is 1. The maximum absolute atomic E-state index is 12.6. The summed E-state index contributed by atoms with van der Waals surface area (Å²) in [6.07, 6.45) is 0.799. The van der Waals surface area contributed by atoms with Gasteiger partial charge < -0.3 is 15.0 Å². The van der Waals surface area contributed by atoms with Crippen molar-refractivity contribution in [1.82, 2.24) is 10.2 Å². The number of thioether (sulfide) groups is 1. The molecule has 0 atom stereocenters. The van der Waals surface area contributed by atoms with Crippen LogP contribution in [0, 0.1) is 0 Å². The van der Waals surface area contributed by atoms with Crippen LogP contribution >= 0.6 is 11.8 Å². The molecule has 1 heterocycles. The van der Waals surface area contributed by atoms with E-state index in [1.165, 1.54) is 17.3 Å². The summed E-state index contributed by atoms with van der Waals surface area (Å²) in [4.78, 5) is 39.4. The van der Waals surface area contributed by atoms with Crippen molar-refractivity contribution in [1.29, 1.82) is 0 Å². The molecule has 2 aromatic rings. The molecule has 6 nitrogen and oxygen atoms in total. The summed E-state index contributed by atoms with van der Waals surface area (Å²) in [6, 6.07) is 15.1. The van der Waals surface area contributed by atoms with Crippen molar-refractivity contribution in [2.24, 2.45) is 0 Å². The van der Waals surface area contributed by atoms with Gasteiger partial charge in [-0.05, 0) is 43.5 Å². The number of benzene rings is 2. The Morgan fingerprint density at radius 3 is 2.53 bits per heavy atom. The van der Waals surface area contributed by atoms with Gasteiger partial charge in [-0.25, -0.2) is 4.79 Å². The number of ether oxygens (including phenoxy) is 1. The summed E-state index contributed by atoms with van der Waals surface area (Å²) in [6.45, 7) is 4.64. The van der Waals surface area contributed by atoms with Crippen LogP contribution in [0.1, 0.15) is 35.3 Å². The number of fused-ring (bicyclic) bond motifs is 1. The Hall–Kier alpha value is -2.80. The average molecular weight is 427 g/mol. The van der Waals surface area contributed by atoms with Crippen molar-refractivity contribution in [3.63, 3.8) is 0 Å². The van der Waals surface area contributed by atoms with Crippen molar-refractivity contribution >= 4 is 29.5 Å². The molecule has 0 saturated heterocycles. The lowest BCUT2D eigenvalue weighted by atomic mass is 10.00. The van der Waals surface area contributed by atoms with E-state index in [0.29, 0.717) is 23.5 Å². The number of hydrogen-bond acceptors (Lipinski definition) is 5. The predicted molar refractivity (Wildman–Crippen MR) is 116 cm³/mol. The minimum atomic E-state index is -0.562. The van der Waals surface area contributed by atoms with E-state index in [0.717, 1.165) is 12.0 Å². The molecular weight excluding hydrogens is 400 g/mol. The summed E-state index contributed by atoms with van der Waals surface area (Å²) in [5, 5.41) is 2.82. The van der Waals surface area contributed by atoms with Gasteiger partial charge in [0.1, 0.15) is 0 Å². The number of carbonyl (C=O) groups is 3. The van der Waals surface area contributed by atoms with Gasteiger partial charge in [0.05, 0.1) is 11.3 Å².